The fourth-order valence-electron chi connectivity index (χ4n) is 2.24. The summed E-state index contributed by atoms with van der Waals surface area (Å²) >= 11 is 6.11. The normalized spacial score (nSPS) is 10.6. The second kappa shape index (κ2) is 5.95. The third-order valence-electron chi connectivity index (χ3n) is 3.23. The molecule has 0 aliphatic heterocycles. The number of benzene rings is 2. The molecule has 0 aliphatic carbocycles. The average molecular weight is 315 g/mol. The largest absolute Gasteiger partial charge is 0.278 e. The van der Waals surface area contributed by atoms with Crippen molar-refractivity contribution in [2.75, 3.05) is 0 Å². The highest BCUT2D eigenvalue weighted by atomic mass is 35.5. The Bertz CT molecular complexity index is 817. The van der Waals surface area contributed by atoms with E-state index in [9.17, 15) is 10.1 Å². The van der Waals surface area contributed by atoms with Crippen LogP contribution in [0.3, 0.4) is 0 Å². The molecule has 1 aromatic heterocycles. The Hall–Kier alpha value is -2.73. The molecule has 3 rings (SSSR count). The maximum atomic E-state index is 11.2. The lowest BCUT2D eigenvalue weighted by atomic mass is 10.1. The molecular weight excluding hydrogens is 304 g/mol. The molecule has 6 nitrogen and oxygen atoms in total. The van der Waals surface area contributed by atoms with Crippen molar-refractivity contribution in [2.24, 2.45) is 0 Å². The Kier molecular flexibility index (Phi) is 3.84. The van der Waals surface area contributed by atoms with Gasteiger partial charge in [0.2, 0.25) is 0 Å². The molecule has 0 atom stereocenters. The molecule has 0 bridgehead atoms. The predicted octanol–water partition coefficient (Wildman–Crippen LogP) is 3.56. The van der Waals surface area contributed by atoms with Gasteiger partial charge in [0, 0.05) is 6.07 Å². The number of hydrogen-bond acceptors (Lipinski definition) is 4. The van der Waals surface area contributed by atoms with Crippen LogP contribution >= 0.6 is 11.6 Å². The van der Waals surface area contributed by atoms with Crippen LogP contribution in [0.1, 0.15) is 5.56 Å². The van der Waals surface area contributed by atoms with Gasteiger partial charge >= 0.3 is 0 Å². The Morgan fingerprint density at radius 3 is 2.50 bits per heavy atom. The Labute approximate surface area is 131 Å². The van der Waals surface area contributed by atoms with E-state index < -0.39 is 4.92 Å². The van der Waals surface area contributed by atoms with Gasteiger partial charge in [-0.15, -0.1) is 5.10 Å². The van der Waals surface area contributed by atoms with Gasteiger partial charge in [0.25, 0.3) is 5.69 Å². The summed E-state index contributed by atoms with van der Waals surface area (Å²) in [5.41, 5.74) is 1.82. The van der Waals surface area contributed by atoms with Gasteiger partial charge in [0.15, 0.2) is 5.15 Å². The van der Waals surface area contributed by atoms with E-state index in [1.807, 2.05) is 30.3 Å². The van der Waals surface area contributed by atoms with Crippen molar-refractivity contribution in [3.8, 4) is 11.3 Å². The Morgan fingerprint density at radius 1 is 1.09 bits per heavy atom. The highest BCUT2D eigenvalue weighted by molar-refractivity contribution is 6.31. The van der Waals surface area contributed by atoms with Crippen LogP contribution in [0.25, 0.3) is 11.3 Å². The summed E-state index contributed by atoms with van der Waals surface area (Å²) in [6.45, 7) is 0.432. The second-order valence-corrected chi connectivity index (χ2v) is 5.00. The van der Waals surface area contributed by atoms with Crippen LogP contribution in [-0.2, 0) is 6.54 Å². The maximum Gasteiger partial charge on any atom is 0.278 e. The fraction of sp³-hybridized carbons (Fsp3) is 0.0667. The first-order valence-corrected chi connectivity index (χ1v) is 6.91. The van der Waals surface area contributed by atoms with Gasteiger partial charge in [0.1, 0.15) is 5.69 Å². The van der Waals surface area contributed by atoms with Gasteiger partial charge < -0.3 is 0 Å². The Morgan fingerprint density at radius 2 is 1.77 bits per heavy atom. The number of para-hydroxylation sites is 1. The number of rotatable bonds is 4. The van der Waals surface area contributed by atoms with E-state index >= 15 is 0 Å². The van der Waals surface area contributed by atoms with Crippen molar-refractivity contribution in [3.63, 3.8) is 0 Å². The minimum Gasteiger partial charge on any atom is -0.258 e. The summed E-state index contributed by atoms with van der Waals surface area (Å²) < 4.78 is 1.57. The summed E-state index contributed by atoms with van der Waals surface area (Å²) in [7, 11) is 0. The van der Waals surface area contributed by atoms with E-state index in [-0.39, 0.29) is 10.8 Å². The molecular formula is C15H11ClN4O2. The minimum absolute atomic E-state index is 0.0268. The second-order valence-electron chi connectivity index (χ2n) is 4.65. The lowest BCUT2D eigenvalue weighted by Crippen LogP contribution is -2.05. The molecule has 0 radical (unpaired) electrons. The summed E-state index contributed by atoms with van der Waals surface area (Å²) in [5, 5.41) is 19.2. The SMILES string of the molecule is O=[N+]([O-])c1ccccc1-c1c(Cl)nnn1Cc1ccccc1. The number of halogens is 1. The predicted molar refractivity (Wildman–Crippen MR) is 82.7 cm³/mol. The lowest BCUT2D eigenvalue weighted by Gasteiger charge is -2.07. The smallest absolute Gasteiger partial charge is 0.258 e. The average Bonchev–Trinajstić information content (AvgIpc) is 2.89. The molecule has 0 amide bonds. The fourth-order valence-corrected chi connectivity index (χ4v) is 2.48. The number of aromatic nitrogens is 3. The van der Waals surface area contributed by atoms with Gasteiger partial charge in [-0.05, 0) is 11.6 Å². The molecule has 2 aromatic carbocycles. The van der Waals surface area contributed by atoms with E-state index in [2.05, 4.69) is 10.3 Å². The zero-order chi connectivity index (χ0) is 15.5. The number of nitro groups is 1. The van der Waals surface area contributed by atoms with Crippen LogP contribution in [0.4, 0.5) is 5.69 Å². The molecule has 0 fully saturated rings. The Balaban J connectivity index is 2.09. The molecule has 3 aromatic rings. The summed E-state index contributed by atoms with van der Waals surface area (Å²) in [5.74, 6) is 0. The lowest BCUT2D eigenvalue weighted by molar-refractivity contribution is -0.384. The van der Waals surface area contributed by atoms with Crippen LogP contribution < -0.4 is 0 Å². The van der Waals surface area contributed by atoms with Gasteiger partial charge in [-0.1, -0.05) is 59.3 Å². The number of hydrogen-bond donors (Lipinski definition) is 0. The highest BCUT2D eigenvalue weighted by Gasteiger charge is 2.22. The van der Waals surface area contributed by atoms with Gasteiger partial charge in [0.05, 0.1) is 17.0 Å². The number of nitro benzene ring substituents is 1. The summed E-state index contributed by atoms with van der Waals surface area (Å²) in [6, 6.07) is 16.0. The standard InChI is InChI=1S/C15H11ClN4O2/c16-15-14(12-8-4-5-9-13(12)20(21)22)19(18-17-15)10-11-6-2-1-3-7-11/h1-9H,10H2. The van der Waals surface area contributed by atoms with Gasteiger partial charge in [-0.25, -0.2) is 4.68 Å². The first-order valence-electron chi connectivity index (χ1n) is 6.53. The van der Waals surface area contributed by atoms with Gasteiger partial charge in [-0.2, -0.15) is 0 Å². The summed E-state index contributed by atoms with van der Waals surface area (Å²) in [6.07, 6.45) is 0. The van der Waals surface area contributed by atoms with Crippen molar-refractivity contribution < 1.29 is 4.92 Å². The molecule has 0 N–H and O–H groups in total. The summed E-state index contributed by atoms with van der Waals surface area (Å²) in [4.78, 5) is 10.8. The first kappa shape index (κ1) is 14.2. The highest BCUT2D eigenvalue weighted by Crippen LogP contribution is 2.33. The molecule has 0 saturated heterocycles. The molecule has 0 spiro atoms. The van der Waals surface area contributed by atoms with Crippen LogP contribution in [0.2, 0.25) is 5.15 Å². The molecule has 0 unspecified atom stereocenters. The van der Waals surface area contributed by atoms with E-state index in [0.29, 0.717) is 17.8 Å². The third kappa shape index (κ3) is 2.68. The zero-order valence-corrected chi connectivity index (χ0v) is 12.1. The maximum absolute atomic E-state index is 11.2. The van der Waals surface area contributed by atoms with Crippen molar-refractivity contribution in [1.82, 2.24) is 15.0 Å². The third-order valence-corrected chi connectivity index (χ3v) is 3.48. The first-order chi connectivity index (χ1) is 10.7. The van der Waals surface area contributed by atoms with Crippen LogP contribution in [0.15, 0.2) is 54.6 Å². The van der Waals surface area contributed by atoms with Crippen molar-refractivity contribution in [2.45, 2.75) is 6.54 Å². The molecule has 7 heteroatoms. The molecule has 0 aliphatic rings. The van der Waals surface area contributed by atoms with Crippen molar-refractivity contribution in [1.29, 1.82) is 0 Å². The molecule has 1 heterocycles. The van der Waals surface area contributed by atoms with E-state index in [1.54, 1.807) is 22.9 Å². The van der Waals surface area contributed by atoms with Crippen LogP contribution in [0, 0.1) is 10.1 Å². The molecule has 110 valence electrons. The minimum atomic E-state index is -0.439. The van der Waals surface area contributed by atoms with Gasteiger partial charge in [-0.3, -0.25) is 10.1 Å². The van der Waals surface area contributed by atoms with Crippen LogP contribution in [0.5, 0.6) is 0 Å². The van der Waals surface area contributed by atoms with Crippen LogP contribution in [-0.4, -0.2) is 19.9 Å². The number of nitrogens with zero attached hydrogens (tertiary/aromatic N) is 4. The topological polar surface area (TPSA) is 73.8 Å². The zero-order valence-electron chi connectivity index (χ0n) is 11.4. The quantitative estimate of drug-likeness (QED) is 0.545. The van der Waals surface area contributed by atoms with Crippen molar-refractivity contribution in [3.05, 3.63) is 75.4 Å². The van der Waals surface area contributed by atoms with Crippen molar-refractivity contribution >= 4 is 17.3 Å². The van der Waals surface area contributed by atoms with E-state index in [1.165, 1.54) is 6.07 Å². The monoisotopic (exact) mass is 314 g/mol. The molecule has 0 saturated carbocycles. The van der Waals surface area contributed by atoms with E-state index in [0.717, 1.165) is 5.56 Å². The molecule has 22 heavy (non-hydrogen) atoms. The van der Waals surface area contributed by atoms with E-state index in [4.69, 9.17) is 11.6 Å².